The van der Waals surface area contributed by atoms with Crippen LogP contribution in [-0.4, -0.2) is 40.5 Å². The molecule has 2 N–H and O–H groups in total. The fourth-order valence-electron chi connectivity index (χ4n) is 5.08. The van der Waals surface area contributed by atoms with Crippen LogP contribution >= 0.6 is 24.0 Å². The van der Waals surface area contributed by atoms with Crippen molar-refractivity contribution in [2.24, 2.45) is 5.92 Å². The number of hydrogen-bond donors (Lipinski definition) is 2. The zero-order valence-electron chi connectivity index (χ0n) is 12.7. The number of phenolic OH excluding ortho intramolecular Hbond substituents is 2. The van der Waals surface area contributed by atoms with Gasteiger partial charge in [0.1, 0.15) is 5.78 Å². The first-order valence-corrected chi connectivity index (χ1v) is 7.79. The van der Waals surface area contributed by atoms with Gasteiger partial charge >= 0.3 is 0 Å². The molecule has 1 saturated heterocycles. The predicted octanol–water partition coefficient (Wildman–Crippen LogP) is 2.58. The molecule has 0 radical (unpaired) electrons. The SMILES string of the molecule is CN1CC[C@]23CC(=O)CC[C@H]2[C@H]1Cc1c3ccc(O)c1O.I. The minimum absolute atomic E-state index is 0. The number of likely N-dealkylation sites (N-methyl/N-ethyl adjacent to an activating group) is 1. The molecule has 2 bridgehead atoms. The maximum Gasteiger partial charge on any atom is 0.161 e. The Morgan fingerprint density at radius 1 is 1.32 bits per heavy atom. The number of phenols is 2. The topological polar surface area (TPSA) is 60.8 Å². The van der Waals surface area contributed by atoms with Gasteiger partial charge in [0.05, 0.1) is 0 Å². The number of Topliss-reactive ketones (excluding diaryl/α,β-unsaturated/α-hetero) is 1. The molecule has 5 heteroatoms. The first-order chi connectivity index (χ1) is 10.0. The minimum atomic E-state index is -0.120. The van der Waals surface area contributed by atoms with Crippen molar-refractivity contribution in [3.63, 3.8) is 0 Å². The quantitative estimate of drug-likeness (QED) is 0.505. The highest BCUT2D eigenvalue weighted by Gasteiger charge is 2.55. The van der Waals surface area contributed by atoms with E-state index in [-0.39, 0.29) is 40.9 Å². The van der Waals surface area contributed by atoms with Crippen LogP contribution in [0.2, 0.25) is 0 Å². The van der Waals surface area contributed by atoms with E-state index in [2.05, 4.69) is 11.9 Å². The Labute approximate surface area is 147 Å². The van der Waals surface area contributed by atoms with Crippen LogP contribution in [0.5, 0.6) is 11.5 Å². The summed E-state index contributed by atoms with van der Waals surface area (Å²) in [6, 6.07) is 3.89. The third-order valence-electron chi connectivity index (χ3n) is 6.11. The number of aromatic hydroxyl groups is 2. The van der Waals surface area contributed by atoms with E-state index in [9.17, 15) is 15.0 Å². The molecule has 2 aliphatic carbocycles. The summed E-state index contributed by atoms with van der Waals surface area (Å²) in [6.07, 6.45) is 3.98. The van der Waals surface area contributed by atoms with Crippen LogP contribution in [0.15, 0.2) is 12.1 Å². The Bertz CT molecular complexity index is 633. The van der Waals surface area contributed by atoms with E-state index in [1.54, 1.807) is 6.07 Å². The molecular formula is C17H22INO3. The maximum absolute atomic E-state index is 12.1. The average Bonchev–Trinajstić information content (AvgIpc) is 2.46. The van der Waals surface area contributed by atoms with Gasteiger partial charge in [0.2, 0.25) is 0 Å². The van der Waals surface area contributed by atoms with Gasteiger partial charge in [0.15, 0.2) is 11.5 Å². The Balaban J connectivity index is 0.00000144. The molecule has 3 atom stereocenters. The second-order valence-corrected chi connectivity index (χ2v) is 6.98. The largest absolute Gasteiger partial charge is 0.504 e. The lowest BCUT2D eigenvalue weighted by Crippen LogP contribution is -2.60. The molecular weight excluding hydrogens is 393 g/mol. The molecule has 2 fully saturated rings. The Kier molecular flexibility index (Phi) is 3.92. The first kappa shape index (κ1) is 16.1. The molecule has 4 nitrogen and oxygen atoms in total. The van der Waals surface area contributed by atoms with E-state index >= 15 is 0 Å². The molecule has 1 heterocycles. The monoisotopic (exact) mass is 415 g/mol. The molecule has 1 saturated carbocycles. The molecule has 4 rings (SSSR count). The van der Waals surface area contributed by atoms with Gasteiger partial charge in [0.25, 0.3) is 0 Å². The first-order valence-electron chi connectivity index (χ1n) is 7.79. The van der Waals surface area contributed by atoms with Gasteiger partial charge in [-0.1, -0.05) is 6.07 Å². The number of ketones is 1. The summed E-state index contributed by atoms with van der Waals surface area (Å²) >= 11 is 0. The summed E-state index contributed by atoms with van der Waals surface area (Å²) in [5.74, 6) is 0.801. The van der Waals surface area contributed by atoms with Crippen LogP contribution in [0, 0.1) is 5.92 Å². The van der Waals surface area contributed by atoms with Gasteiger partial charge in [-0.2, -0.15) is 0 Å². The Hall–Kier alpha value is -0.820. The van der Waals surface area contributed by atoms with E-state index < -0.39 is 0 Å². The fourth-order valence-corrected chi connectivity index (χ4v) is 5.08. The summed E-state index contributed by atoms with van der Waals surface area (Å²) < 4.78 is 0. The lowest BCUT2D eigenvalue weighted by Gasteiger charge is -2.58. The van der Waals surface area contributed by atoms with Crippen molar-refractivity contribution < 1.29 is 15.0 Å². The standard InChI is InChI=1S/C17H21NO3.HI/c1-18-7-6-17-9-10(19)2-3-13(17)14(18)8-11-12(17)4-5-15(20)16(11)21;/h4-5,13-14,20-21H,2-3,6-9H2,1H3;1H/t13-,14+,17+;/m0./s1. The molecule has 1 aromatic rings. The fraction of sp³-hybridized carbons (Fsp3) is 0.588. The molecule has 1 aromatic carbocycles. The van der Waals surface area contributed by atoms with Gasteiger partial charge in [-0.3, -0.25) is 4.79 Å². The number of likely N-dealkylation sites (tertiary alicyclic amines) is 1. The van der Waals surface area contributed by atoms with Gasteiger partial charge in [-0.05, 0) is 50.4 Å². The highest BCUT2D eigenvalue weighted by atomic mass is 127. The molecule has 1 aliphatic heterocycles. The molecule has 0 unspecified atom stereocenters. The van der Waals surface area contributed by atoms with E-state index in [0.29, 0.717) is 30.6 Å². The van der Waals surface area contributed by atoms with Crippen LogP contribution in [0.3, 0.4) is 0 Å². The Morgan fingerprint density at radius 2 is 2.09 bits per heavy atom. The lowest BCUT2D eigenvalue weighted by molar-refractivity contribution is -0.126. The molecule has 120 valence electrons. The number of piperidine rings is 1. The third-order valence-corrected chi connectivity index (χ3v) is 6.11. The number of carbonyl (C=O) groups excluding carboxylic acids is 1. The number of hydrogen-bond acceptors (Lipinski definition) is 4. The van der Waals surface area contributed by atoms with Gasteiger partial charge in [-0.15, -0.1) is 24.0 Å². The van der Waals surface area contributed by atoms with Crippen LogP contribution in [0.4, 0.5) is 0 Å². The van der Waals surface area contributed by atoms with E-state index in [1.165, 1.54) is 0 Å². The summed E-state index contributed by atoms with van der Waals surface area (Å²) in [4.78, 5) is 14.5. The third kappa shape index (κ3) is 2.01. The van der Waals surface area contributed by atoms with Crippen LogP contribution in [0.25, 0.3) is 0 Å². The van der Waals surface area contributed by atoms with Crippen molar-refractivity contribution in [1.82, 2.24) is 4.90 Å². The molecule has 0 amide bonds. The van der Waals surface area contributed by atoms with Crippen molar-refractivity contribution in [1.29, 1.82) is 0 Å². The summed E-state index contributed by atoms with van der Waals surface area (Å²) in [5.41, 5.74) is 1.85. The number of nitrogens with zero attached hydrogens (tertiary/aromatic N) is 1. The predicted molar refractivity (Wildman–Crippen MR) is 94.0 cm³/mol. The van der Waals surface area contributed by atoms with E-state index in [0.717, 1.165) is 36.9 Å². The molecule has 3 aliphatic rings. The van der Waals surface area contributed by atoms with Crippen molar-refractivity contribution in [3.8, 4) is 11.5 Å². The zero-order chi connectivity index (χ0) is 14.8. The number of halogens is 1. The summed E-state index contributed by atoms with van der Waals surface area (Å²) in [5, 5.41) is 20.1. The van der Waals surface area contributed by atoms with Crippen LogP contribution in [0.1, 0.15) is 36.8 Å². The van der Waals surface area contributed by atoms with Crippen molar-refractivity contribution in [2.75, 3.05) is 13.6 Å². The molecule has 22 heavy (non-hydrogen) atoms. The van der Waals surface area contributed by atoms with Crippen LogP contribution in [-0.2, 0) is 16.6 Å². The Morgan fingerprint density at radius 3 is 2.86 bits per heavy atom. The van der Waals surface area contributed by atoms with Crippen molar-refractivity contribution >= 4 is 29.8 Å². The van der Waals surface area contributed by atoms with Gasteiger partial charge < -0.3 is 15.1 Å². The lowest BCUT2D eigenvalue weighted by atomic mass is 9.52. The molecule has 0 aromatic heterocycles. The maximum atomic E-state index is 12.1. The number of fused-ring (bicyclic) bond motifs is 1. The number of rotatable bonds is 0. The molecule has 0 spiro atoms. The smallest absolute Gasteiger partial charge is 0.161 e. The zero-order valence-corrected chi connectivity index (χ0v) is 15.0. The van der Waals surface area contributed by atoms with Crippen molar-refractivity contribution in [3.05, 3.63) is 23.3 Å². The number of carbonyl (C=O) groups is 1. The number of benzene rings is 1. The van der Waals surface area contributed by atoms with Crippen molar-refractivity contribution in [2.45, 2.75) is 43.6 Å². The van der Waals surface area contributed by atoms with Crippen LogP contribution < -0.4 is 0 Å². The summed E-state index contributed by atoms with van der Waals surface area (Å²) in [6.45, 7) is 0.996. The highest BCUT2D eigenvalue weighted by Crippen LogP contribution is 2.56. The minimum Gasteiger partial charge on any atom is -0.504 e. The average molecular weight is 415 g/mol. The van der Waals surface area contributed by atoms with E-state index in [4.69, 9.17) is 0 Å². The second kappa shape index (κ2) is 5.37. The van der Waals surface area contributed by atoms with E-state index in [1.807, 2.05) is 6.07 Å². The highest BCUT2D eigenvalue weighted by molar-refractivity contribution is 14.0. The second-order valence-electron chi connectivity index (χ2n) is 6.98. The van der Waals surface area contributed by atoms with Gasteiger partial charge in [0, 0.05) is 29.9 Å². The van der Waals surface area contributed by atoms with Gasteiger partial charge in [-0.25, -0.2) is 0 Å². The summed E-state index contributed by atoms with van der Waals surface area (Å²) in [7, 11) is 2.13. The normalized spacial score (nSPS) is 33.6.